The van der Waals surface area contributed by atoms with Crippen LogP contribution < -0.4 is 4.72 Å². The van der Waals surface area contributed by atoms with E-state index in [2.05, 4.69) is 30.8 Å². The number of aromatic amines is 1. The molecule has 18 heavy (non-hydrogen) atoms. The summed E-state index contributed by atoms with van der Waals surface area (Å²) in [5, 5.41) is 5.95. The van der Waals surface area contributed by atoms with Crippen LogP contribution in [-0.4, -0.2) is 18.6 Å². The molecule has 5 nitrogen and oxygen atoms in total. The Morgan fingerprint density at radius 2 is 2.22 bits per heavy atom. The molecule has 0 unspecified atom stereocenters. The van der Waals surface area contributed by atoms with E-state index in [-0.39, 0.29) is 17.0 Å². The summed E-state index contributed by atoms with van der Waals surface area (Å²) in [4.78, 5) is 0.0119. The van der Waals surface area contributed by atoms with Crippen molar-refractivity contribution in [2.45, 2.75) is 11.4 Å². The highest BCUT2D eigenvalue weighted by Crippen LogP contribution is 2.16. The number of benzene rings is 1. The standard InChI is InChI=1S/C10H9BrFN3O2S/c11-8-1-2-10(12)7(3-8)4-15-18(16,17)9-5-13-14-6-9/h1-3,5-6,15H,4H2,(H,13,14). The van der Waals surface area contributed by atoms with Crippen LogP contribution in [0, 0.1) is 5.82 Å². The monoisotopic (exact) mass is 333 g/mol. The molecule has 1 aromatic heterocycles. The van der Waals surface area contributed by atoms with Crippen LogP contribution in [0.25, 0.3) is 0 Å². The zero-order valence-corrected chi connectivity index (χ0v) is 11.4. The molecule has 1 aromatic carbocycles. The van der Waals surface area contributed by atoms with Gasteiger partial charge in [-0.3, -0.25) is 5.10 Å². The summed E-state index contributed by atoms with van der Waals surface area (Å²) in [7, 11) is -3.67. The van der Waals surface area contributed by atoms with Crippen molar-refractivity contribution in [3.8, 4) is 0 Å². The Balaban J connectivity index is 2.15. The van der Waals surface area contributed by atoms with Crippen molar-refractivity contribution in [1.29, 1.82) is 0 Å². The molecule has 0 bridgehead atoms. The number of sulfonamides is 1. The van der Waals surface area contributed by atoms with Gasteiger partial charge in [-0.15, -0.1) is 0 Å². The minimum Gasteiger partial charge on any atom is -0.284 e. The lowest BCUT2D eigenvalue weighted by molar-refractivity contribution is 0.574. The topological polar surface area (TPSA) is 74.8 Å². The van der Waals surface area contributed by atoms with Gasteiger partial charge in [0.05, 0.1) is 6.20 Å². The van der Waals surface area contributed by atoms with Crippen molar-refractivity contribution in [1.82, 2.24) is 14.9 Å². The van der Waals surface area contributed by atoms with E-state index in [4.69, 9.17) is 0 Å². The molecule has 0 amide bonds. The molecule has 0 aliphatic carbocycles. The van der Waals surface area contributed by atoms with Gasteiger partial charge in [0.2, 0.25) is 10.0 Å². The van der Waals surface area contributed by atoms with Gasteiger partial charge in [0.25, 0.3) is 0 Å². The van der Waals surface area contributed by atoms with E-state index in [0.717, 1.165) is 0 Å². The Labute approximate surface area is 112 Å². The molecule has 2 N–H and O–H groups in total. The van der Waals surface area contributed by atoms with E-state index in [1.165, 1.54) is 24.5 Å². The van der Waals surface area contributed by atoms with Crippen molar-refractivity contribution in [3.05, 3.63) is 46.4 Å². The van der Waals surface area contributed by atoms with Crippen LogP contribution in [-0.2, 0) is 16.6 Å². The second kappa shape index (κ2) is 5.17. The first-order chi connectivity index (χ1) is 8.49. The lowest BCUT2D eigenvalue weighted by Crippen LogP contribution is -2.23. The SMILES string of the molecule is O=S(=O)(NCc1cc(Br)ccc1F)c1cn[nH]c1. The summed E-state index contributed by atoms with van der Waals surface area (Å²) in [6.45, 7) is -0.126. The highest BCUT2D eigenvalue weighted by atomic mass is 79.9. The van der Waals surface area contributed by atoms with Crippen LogP contribution in [0.1, 0.15) is 5.56 Å². The van der Waals surface area contributed by atoms with Crippen molar-refractivity contribution in [3.63, 3.8) is 0 Å². The summed E-state index contributed by atoms with van der Waals surface area (Å²) in [5.74, 6) is -0.465. The largest absolute Gasteiger partial charge is 0.284 e. The second-order valence-corrected chi connectivity index (χ2v) is 6.18. The van der Waals surface area contributed by atoms with Gasteiger partial charge in [-0.1, -0.05) is 15.9 Å². The van der Waals surface area contributed by atoms with E-state index < -0.39 is 15.8 Å². The molecule has 0 spiro atoms. The van der Waals surface area contributed by atoms with Gasteiger partial charge in [0, 0.05) is 22.8 Å². The number of H-pyrrole nitrogens is 1. The van der Waals surface area contributed by atoms with Gasteiger partial charge < -0.3 is 0 Å². The van der Waals surface area contributed by atoms with E-state index in [0.29, 0.717) is 4.47 Å². The molecule has 0 radical (unpaired) electrons. The summed E-state index contributed by atoms with van der Waals surface area (Å²) in [6, 6.07) is 4.34. The molecule has 96 valence electrons. The summed E-state index contributed by atoms with van der Waals surface area (Å²) in [5.41, 5.74) is 0.261. The summed E-state index contributed by atoms with van der Waals surface area (Å²) >= 11 is 3.20. The van der Waals surface area contributed by atoms with E-state index >= 15 is 0 Å². The fraction of sp³-hybridized carbons (Fsp3) is 0.100. The first-order valence-electron chi connectivity index (χ1n) is 4.91. The molecule has 0 atom stereocenters. The van der Waals surface area contributed by atoms with Gasteiger partial charge in [0.15, 0.2) is 0 Å². The zero-order chi connectivity index (χ0) is 13.2. The Hall–Kier alpha value is -1.25. The van der Waals surface area contributed by atoms with E-state index in [9.17, 15) is 12.8 Å². The van der Waals surface area contributed by atoms with Gasteiger partial charge in [-0.2, -0.15) is 5.10 Å². The highest BCUT2D eigenvalue weighted by Gasteiger charge is 2.15. The number of nitrogens with one attached hydrogen (secondary N) is 2. The minimum atomic E-state index is -3.67. The van der Waals surface area contributed by atoms with E-state index in [1.54, 1.807) is 6.07 Å². The highest BCUT2D eigenvalue weighted by molar-refractivity contribution is 9.10. The van der Waals surface area contributed by atoms with Gasteiger partial charge >= 0.3 is 0 Å². The molecule has 2 aromatic rings. The van der Waals surface area contributed by atoms with Crippen LogP contribution in [0.2, 0.25) is 0 Å². The van der Waals surface area contributed by atoms with Gasteiger partial charge in [-0.05, 0) is 18.2 Å². The Morgan fingerprint density at radius 3 is 2.89 bits per heavy atom. The summed E-state index contributed by atoms with van der Waals surface area (Å²) < 4.78 is 39.9. The van der Waals surface area contributed by atoms with Crippen molar-refractivity contribution in [2.24, 2.45) is 0 Å². The maximum atomic E-state index is 13.4. The summed E-state index contributed by atoms with van der Waals surface area (Å²) in [6.07, 6.45) is 2.43. The molecule has 0 aliphatic rings. The Kier molecular flexibility index (Phi) is 3.79. The van der Waals surface area contributed by atoms with Crippen LogP contribution in [0.15, 0.2) is 40.0 Å². The number of hydrogen-bond donors (Lipinski definition) is 2. The third-order valence-corrected chi connectivity index (χ3v) is 4.11. The van der Waals surface area contributed by atoms with Crippen molar-refractivity contribution in [2.75, 3.05) is 0 Å². The second-order valence-electron chi connectivity index (χ2n) is 3.49. The molecular weight excluding hydrogens is 325 g/mol. The average molecular weight is 334 g/mol. The Bertz CT molecular complexity index is 643. The minimum absolute atomic E-state index is 0.0119. The third-order valence-electron chi connectivity index (χ3n) is 2.24. The van der Waals surface area contributed by atoms with Crippen LogP contribution in [0.5, 0.6) is 0 Å². The van der Waals surface area contributed by atoms with Crippen LogP contribution in [0.4, 0.5) is 4.39 Å². The zero-order valence-electron chi connectivity index (χ0n) is 9.02. The fourth-order valence-corrected chi connectivity index (χ4v) is 2.64. The third kappa shape index (κ3) is 2.95. The molecule has 0 fully saturated rings. The molecule has 0 aliphatic heterocycles. The molecule has 1 heterocycles. The average Bonchev–Trinajstić information content (AvgIpc) is 2.85. The number of hydrogen-bond acceptors (Lipinski definition) is 3. The lowest BCUT2D eigenvalue weighted by atomic mass is 10.2. The number of nitrogens with zero attached hydrogens (tertiary/aromatic N) is 1. The quantitative estimate of drug-likeness (QED) is 0.895. The van der Waals surface area contributed by atoms with Gasteiger partial charge in [-0.25, -0.2) is 17.5 Å². The molecule has 8 heteroatoms. The van der Waals surface area contributed by atoms with Crippen LogP contribution in [0.3, 0.4) is 0 Å². The van der Waals surface area contributed by atoms with Crippen LogP contribution >= 0.6 is 15.9 Å². The smallest absolute Gasteiger partial charge is 0.243 e. The molecule has 0 saturated heterocycles. The normalized spacial score (nSPS) is 11.7. The van der Waals surface area contributed by atoms with Crippen molar-refractivity contribution < 1.29 is 12.8 Å². The van der Waals surface area contributed by atoms with Gasteiger partial charge in [0.1, 0.15) is 10.7 Å². The lowest BCUT2D eigenvalue weighted by Gasteiger charge is -2.06. The fourth-order valence-electron chi connectivity index (χ4n) is 1.32. The number of rotatable bonds is 4. The predicted octanol–water partition coefficient (Wildman–Crippen LogP) is 1.79. The van der Waals surface area contributed by atoms with E-state index in [1.807, 2.05) is 0 Å². The number of halogens is 2. The molecular formula is C10H9BrFN3O2S. The maximum absolute atomic E-state index is 13.4. The Morgan fingerprint density at radius 1 is 1.44 bits per heavy atom. The molecule has 0 saturated carbocycles. The number of aromatic nitrogens is 2. The first-order valence-corrected chi connectivity index (χ1v) is 7.19. The molecule has 2 rings (SSSR count). The van der Waals surface area contributed by atoms with Crippen molar-refractivity contribution >= 4 is 26.0 Å². The maximum Gasteiger partial charge on any atom is 0.243 e. The first kappa shape index (κ1) is 13.2. The predicted molar refractivity (Wildman–Crippen MR) is 66.7 cm³/mol.